The number of benzene rings is 1. The van der Waals surface area contributed by atoms with Crippen molar-refractivity contribution in [1.82, 2.24) is 0 Å². The van der Waals surface area contributed by atoms with Crippen LogP contribution in [0.4, 0.5) is 0 Å². The lowest BCUT2D eigenvalue weighted by molar-refractivity contribution is 0.150. The molecule has 0 bridgehead atoms. The number of aliphatic hydroxyl groups is 1. The minimum absolute atomic E-state index is 0.185. The van der Waals surface area contributed by atoms with Crippen LogP contribution < -0.4 is 0 Å². The van der Waals surface area contributed by atoms with Crippen molar-refractivity contribution in [2.24, 2.45) is 0 Å². The van der Waals surface area contributed by atoms with Gasteiger partial charge in [0.2, 0.25) is 0 Å². The van der Waals surface area contributed by atoms with E-state index in [-0.39, 0.29) is 13.2 Å². The van der Waals surface area contributed by atoms with Crippen LogP contribution in [0, 0.1) is 11.3 Å². The van der Waals surface area contributed by atoms with Gasteiger partial charge >= 0.3 is 7.60 Å². The Hall–Kier alpha value is -1.18. The summed E-state index contributed by atoms with van der Waals surface area (Å²) >= 11 is 0. The molecule has 1 aromatic carbocycles. The van der Waals surface area contributed by atoms with Gasteiger partial charge in [-0.3, -0.25) is 4.57 Å². The number of rotatable bonds is 6. The van der Waals surface area contributed by atoms with E-state index in [2.05, 4.69) is 0 Å². The van der Waals surface area contributed by atoms with E-state index >= 15 is 0 Å². The highest BCUT2D eigenvalue weighted by molar-refractivity contribution is 7.54. The summed E-state index contributed by atoms with van der Waals surface area (Å²) in [5.74, 6) is -1.34. The van der Waals surface area contributed by atoms with Gasteiger partial charge in [0.15, 0.2) is 5.85 Å². The molecule has 0 amide bonds. The van der Waals surface area contributed by atoms with E-state index in [4.69, 9.17) is 14.3 Å². The van der Waals surface area contributed by atoms with E-state index in [0.29, 0.717) is 11.1 Å². The lowest BCUT2D eigenvalue weighted by Gasteiger charge is -2.22. The molecule has 1 rings (SSSR count). The predicted octanol–water partition coefficient (Wildman–Crippen LogP) is 2.82. The fraction of sp³-hybridized carbons (Fsp3) is 0.417. The quantitative estimate of drug-likeness (QED) is 0.803. The van der Waals surface area contributed by atoms with Crippen LogP contribution in [0.25, 0.3) is 0 Å². The molecule has 0 heterocycles. The van der Waals surface area contributed by atoms with Gasteiger partial charge < -0.3 is 14.2 Å². The van der Waals surface area contributed by atoms with Crippen LogP contribution in [0.15, 0.2) is 24.3 Å². The zero-order valence-electron chi connectivity index (χ0n) is 10.4. The van der Waals surface area contributed by atoms with Gasteiger partial charge in [-0.05, 0) is 31.5 Å². The summed E-state index contributed by atoms with van der Waals surface area (Å²) in [6.45, 7) is 3.73. The third kappa shape index (κ3) is 3.41. The second-order valence-electron chi connectivity index (χ2n) is 3.48. The summed E-state index contributed by atoms with van der Waals surface area (Å²) < 4.78 is 22.4. The second kappa shape index (κ2) is 6.67. The van der Waals surface area contributed by atoms with Crippen LogP contribution in [0.2, 0.25) is 0 Å². The summed E-state index contributed by atoms with van der Waals surface area (Å²) in [5.41, 5.74) is 0.868. The Kier molecular flexibility index (Phi) is 5.52. The third-order valence-corrected chi connectivity index (χ3v) is 4.39. The minimum Gasteiger partial charge on any atom is -0.376 e. The van der Waals surface area contributed by atoms with E-state index in [1.165, 1.54) is 12.1 Å². The van der Waals surface area contributed by atoms with E-state index < -0.39 is 13.4 Å². The van der Waals surface area contributed by atoms with E-state index in [1.54, 1.807) is 26.0 Å². The van der Waals surface area contributed by atoms with Crippen LogP contribution >= 0.6 is 7.60 Å². The minimum atomic E-state index is -3.58. The molecule has 6 heteroatoms. The Morgan fingerprint density at radius 3 is 2.17 bits per heavy atom. The number of hydrogen-bond donors (Lipinski definition) is 1. The van der Waals surface area contributed by atoms with Crippen molar-refractivity contribution in [3.8, 4) is 6.07 Å². The Labute approximate surface area is 106 Å². The molecule has 0 saturated carbocycles. The first-order chi connectivity index (χ1) is 8.57. The second-order valence-corrected chi connectivity index (χ2v) is 5.57. The van der Waals surface area contributed by atoms with Crippen LogP contribution in [0.1, 0.15) is 30.8 Å². The number of hydrogen-bond acceptors (Lipinski definition) is 5. The Morgan fingerprint density at radius 2 is 1.78 bits per heavy atom. The molecular formula is C12H16NO4P. The molecule has 0 aliphatic heterocycles. The number of aliphatic hydroxyl groups excluding tert-OH is 1. The average molecular weight is 269 g/mol. The van der Waals surface area contributed by atoms with Crippen LogP contribution in [-0.2, 0) is 13.6 Å². The molecule has 0 aromatic heterocycles. The maximum absolute atomic E-state index is 12.3. The molecule has 0 radical (unpaired) electrons. The maximum atomic E-state index is 12.3. The van der Waals surface area contributed by atoms with Crippen molar-refractivity contribution >= 4 is 7.60 Å². The Bertz CT molecular complexity index is 456. The molecule has 0 saturated heterocycles. The van der Waals surface area contributed by atoms with Crippen molar-refractivity contribution < 1.29 is 18.7 Å². The van der Waals surface area contributed by atoms with Gasteiger partial charge in [0.25, 0.3) is 0 Å². The normalized spacial score (nSPS) is 13.0. The lowest BCUT2D eigenvalue weighted by Crippen LogP contribution is -2.06. The van der Waals surface area contributed by atoms with Gasteiger partial charge in [-0.2, -0.15) is 5.26 Å². The molecule has 1 atom stereocenters. The zero-order valence-corrected chi connectivity index (χ0v) is 11.3. The lowest BCUT2D eigenvalue weighted by atomic mass is 10.2. The van der Waals surface area contributed by atoms with Crippen molar-refractivity contribution in [3.63, 3.8) is 0 Å². The number of nitriles is 1. The van der Waals surface area contributed by atoms with Crippen LogP contribution in [0.3, 0.4) is 0 Å². The first-order valence-corrected chi connectivity index (χ1v) is 7.25. The highest BCUT2D eigenvalue weighted by Crippen LogP contribution is 2.59. The molecule has 0 aliphatic carbocycles. The fourth-order valence-corrected chi connectivity index (χ4v) is 3.06. The Balaban J connectivity index is 2.98. The molecule has 0 spiro atoms. The molecule has 5 nitrogen and oxygen atoms in total. The summed E-state index contributed by atoms with van der Waals surface area (Å²) in [6, 6.07) is 8.13. The predicted molar refractivity (Wildman–Crippen MR) is 67.0 cm³/mol. The first-order valence-electron chi connectivity index (χ1n) is 5.64. The fourth-order valence-electron chi connectivity index (χ4n) is 1.45. The molecule has 0 fully saturated rings. The van der Waals surface area contributed by atoms with Gasteiger partial charge in [0.05, 0.1) is 24.8 Å². The summed E-state index contributed by atoms with van der Waals surface area (Å²) in [6.07, 6.45) is 0. The Morgan fingerprint density at radius 1 is 1.28 bits per heavy atom. The molecule has 1 aromatic rings. The monoisotopic (exact) mass is 269 g/mol. The smallest absolute Gasteiger partial charge is 0.363 e. The van der Waals surface area contributed by atoms with Gasteiger partial charge in [-0.1, -0.05) is 12.1 Å². The van der Waals surface area contributed by atoms with Crippen LogP contribution in [-0.4, -0.2) is 18.3 Å². The molecular weight excluding hydrogens is 253 g/mol. The summed E-state index contributed by atoms with van der Waals surface area (Å²) in [4.78, 5) is 0. The van der Waals surface area contributed by atoms with Gasteiger partial charge in [-0.15, -0.1) is 0 Å². The standard InChI is InChI=1S/C12H16NO4P/c1-3-16-18(15,17-4-2)12(14)11-7-5-10(9-13)6-8-11/h5-8,12,14H,3-4H2,1-2H3. The SMILES string of the molecule is CCOP(=O)(OCC)C(O)c1ccc(C#N)cc1. The molecule has 1 N–H and O–H groups in total. The van der Waals surface area contributed by atoms with Gasteiger partial charge in [-0.25, -0.2) is 0 Å². The van der Waals surface area contributed by atoms with Crippen molar-refractivity contribution in [1.29, 1.82) is 5.26 Å². The van der Waals surface area contributed by atoms with Crippen LogP contribution in [0.5, 0.6) is 0 Å². The molecule has 0 aliphatic rings. The van der Waals surface area contributed by atoms with E-state index in [9.17, 15) is 9.67 Å². The maximum Gasteiger partial charge on any atom is 0.363 e. The summed E-state index contributed by atoms with van der Waals surface area (Å²) in [7, 11) is -3.58. The van der Waals surface area contributed by atoms with Crippen molar-refractivity contribution in [3.05, 3.63) is 35.4 Å². The average Bonchev–Trinajstić information content (AvgIpc) is 2.38. The van der Waals surface area contributed by atoms with Crippen molar-refractivity contribution in [2.75, 3.05) is 13.2 Å². The highest BCUT2D eigenvalue weighted by Gasteiger charge is 2.35. The zero-order chi connectivity index (χ0) is 13.6. The van der Waals surface area contributed by atoms with Gasteiger partial charge in [0, 0.05) is 0 Å². The largest absolute Gasteiger partial charge is 0.376 e. The van der Waals surface area contributed by atoms with Gasteiger partial charge in [0.1, 0.15) is 0 Å². The van der Waals surface area contributed by atoms with Crippen molar-refractivity contribution in [2.45, 2.75) is 19.7 Å². The third-order valence-electron chi connectivity index (χ3n) is 2.26. The number of nitrogens with zero attached hydrogens (tertiary/aromatic N) is 1. The molecule has 18 heavy (non-hydrogen) atoms. The molecule has 98 valence electrons. The topological polar surface area (TPSA) is 79.6 Å². The highest BCUT2D eigenvalue weighted by atomic mass is 31.2. The van der Waals surface area contributed by atoms with E-state index in [0.717, 1.165) is 0 Å². The van der Waals surface area contributed by atoms with E-state index in [1.807, 2.05) is 6.07 Å². The summed E-state index contributed by atoms with van der Waals surface area (Å²) in [5, 5.41) is 18.7. The molecule has 1 unspecified atom stereocenters. The first kappa shape index (κ1) is 14.9.